The normalized spacial score (nSPS) is 31.0. The predicted molar refractivity (Wildman–Crippen MR) is 109 cm³/mol. The second kappa shape index (κ2) is 8.07. The van der Waals surface area contributed by atoms with Gasteiger partial charge in [0.1, 0.15) is 11.5 Å². The summed E-state index contributed by atoms with van der Waals surface area (Å²) >= 11 is 0. The van der Waals surface area contributed by atoms with Crippen molar-refractivity contribution in [2.75, 3.05) is 20.3 Å². The summed E-state index contributed by atoms with van der Waals surface area (Å²) in [5.74, 6) is 1.30. The lowest BCUT2D eigenvalue weighted by atomic mass is 9.92. The van der Waals surface area contributed by atoms with Crippen LogP contribution >= 0.6 is 0 Å². The highest BCUT2D eigenvalue weighted by atomic mass is 16.8. The number of benzene rings is 2. The van der Waals surface area contributed by atoms with Gasteiger partial charge in [0.2, 0.25) is 0 Å². The molecule has 5 heteroatoms. The van der Waals surface area contributed by atoms with Gasteiger partial charge in [0.25, 0.3) is 0 Å². The van der Waals surface area contributed by atoms with Crippen molar-refractivity contribution >= 4 is 0 Å². The summed E-state index contributed by atoms with van der Waals surface area (Å²) in [5, 5.41) is 2.19. The van der Waals surface area contributed by atoms with E-state index in [2.05, 4.69) is 35.4 Å². The van der Waals surface area contributed by atoms with Crippen LogP contribution in [0.2, 0.25) is 0 Å². The molecule has 4 atom stereocenters. The number of nitrogens with zero attached hydrogens (tertiary/aromatic N) is 1. The zero-order valence-corrected chi connectivity index (χ0v) is 17.0. The minimum Gasteiger partial charge on any atom is -0.497 e. The highest BCUT2D eigenvalue weighted by Crippen LogP contribution is 2.56. The lowest BCUT2D eigenvalue weighted by Crippen LogP contribution is -2.41. The van der Waals surface area contributed by atoms with Crippen LogP contribution in [0, 0.1) is 5.92 Å². The Labute approximate surface area is 172 Å². The molecular formula is C24H29NO4. The van der Waals surface area contributed by atoms with Gasteiger partial charge < -0.3 is 14.2 Å². The maximum absolute atomic E-state index is 6.50. The molecule has 3 aliphatic rings. The van der Waals surface area contributed by atoms with E-state index in [0.29, 0.717) is 25.7 Å². The Morgan fingerprint density at radius 2 is 1.93 bits per heavy atom. The molecule has 29 heavy (non-hydrogen) atoms. The fourth-order valence-electron chi connectivity index (χ4n) is 5.19. The van der Waals surface area contributed by atoms with Gasteiger partial charge in [-0.15, -0.1) is 5.06 Å². The molecule has 2 heterocycles. The highest BCUT2D eigenvalue weighted by Gasteiger charge is 2.63. The Balaban J connectivity index is 1.20. The minimum absolute atomic E-state index is 0.167. The number of hydrogen-bond acceptors (Lipinski definition) is 5. The van der Waals surface area contributed by atoms with Crippen LogP contribution < -0.4 is 4.74 Å². The first-order chi connectivity index (χ1) is 14.3. The van der Waals surface area contributed by atoms with E-state index in [9.17, 15) is 0 Å². The molecule has 0 bridgehead atoms. The summed E-state index contributed by atoms with van der Waals surface area (Å²) < 4.78 is 17.6. The van der Waals surface area contributed by atoms with Gasteiger partial charge in [0.05, 0.1) is 32.5 Å². The fraction of sp³-hybridized carbons (Fsp3) is 0.500. The third-order valence-electron chi connectivity index (χ3n) is 6.63. The van der Waals surface area contributed by atoms with Crippen LogP contribution in [-0.2, 0) is 20.9 Å². The number of hydrogen-bond donors (Lipinski definition) is 0. The summed E-state index contributed by atoms with van der Waals surface area (Å²) in [6, 6.07) is 18.8. The zero-order chi connectivity index (χ0) is 19.7. The topological polar surface area (TPSA) is 40.2 Å². The number of rotatable bonds is 7. The highest BCUT2D eigenvalue weighted by molar-refractivity contribution is 5.26. The Hall–Kier alpha value is -1.92. The van der Waals surface area contributed by atoms with Crippen LogP contribution in [0.5, 0.6) is 5.75 Å². The summed E-state index contributed by atoms with van der Waals surface area (Å²) in [4.78, 5) is 6.50. The molecule has 2 aromatic carbocycles. The fourth-order valence-corrected chi connectivity index (χ4v) is 5.19. The van der Waals surface area contributed by atoms with E-state index in [4.69, 9.17) is 19.0 Å². The van der Waals surface area contributed by atoms with Crippen molar-refractivity contribution in [3.05, 3.63) is 65.7 Å². The first-order valence-corrected chi connectivity index (χ1v) is 10.7. The van der Waals surface area contributed by atoms with Crippen molar-refractivity contribution in [2.45, 2.75) is 50.2 Å². The Morgan fingerprint density at radius 1 is 1.10 bits per heavy atom. The first-order valence-electron chi connectivity index (χ1n) is 10.7. The van der Waals surface area contributed by atoms with E-state index in [-0.39, 0.29) is 17.9 Å². The summed E-state index contributed by atoms with van der Waals surface area (Å²) in [7, 11) is 1.68. The SMILES string of the molecule is COc1ccc(COCCC2ON3C(c4ccccc4)COC34CCCC24)cc1. The molecule has 0 aromatic heterocycles. The van der Waals surface area contributed by atoms with Crippen molar-refractivity contribution in [3.63, 3.8) is 0 Å². The van der Waals surface area contributed by atoms with E-state index < -0.39 is 0 Å². The van der Waals surface area contributed by atoms with Gasteiger partial charge in [0.15, 0.2) is 0 Å². The van der Waals surface area contributed by atoms with Gasteiger partial charge in [-0.1, -0.05) is 42.5 Å². The van der Waals surface area contributed by atoms with Gasteiger partial charge in [-0.3, -0.25) is 4.84 Å². The largest absolute Gasteiger partial charge is 0.497 e. The monoisotopic (exact) mass is 395 g/mol. The molecule has 0 amide bonds. The number of ether oxygens (including phenoxy) is 3. The third kappa shape index (κ3) is 3.46. The van der Waals surface area contributed by atoms with Crippen LogP contribution in [-0.4, -0.2) is 37.2 Å². The number of hydroxylamine groups is 2. The molecule has 5 nitrogen and oxygen atoms in total. The van der Waals surface area contributed by atoms with E-state index >= 15 is 0 Å². The quantitative estimate of drug-likeness (QED) is 0.646. The Kier molecular flexibility index (Phi) is 5.31. The predicted octanol–water partition coefficient (Wildman–Crippen LogP) is 4.49. The molecule has 0 radical (unpaired) electrons. The van der Waals surface area contributed by atoms with Gasteiger partial charge in [-0.25, -0.2) is 0 Å². The maximum Gasteiger partial charge on any atom is 0.150 e. The van der Waals surface area contributed by atoms with Gasteiger partial charge in [0, 0.05) is 12.5 Å². The molecule has 2 aliphatic heterocycles. The minimum atomic E-state index is -0.235. The lowest BCUT2D eigenvalue weighted by Gasteiger charge is -2.30. The maximum atomic E-state index is 6.50. The summed E-state index contributed by atoms with van der Waals surface area (Å²) in [5.41, 5.74) is 2.19. The van der Waals surface area contributed by atoms with Crippen molar-refractivity contribution in [2.24, 2.45) is 5.92 Å². The second-order valence-electron chi connectivity index (χ2n) is 8.24. The molecule has 1 aliphatic carbocycles. The van der Waals surface area contributed by atoms with Gasteiger partial charge in [-0.2, -0.15) is 0 Å². The van der Waals surface area contributed by atoms with E-state index in [1.165, 1.54) is 18.4 Å². The van der Waals surface area contributed by atoms with E-state index in [1.54, 1.807) is 7.11 Å². The van der Waals surface area contributed by atoms with Crippen molar-refractivity contribution in [3.8, 4) is 5.75 Å². The van der Waals surface area contributed by atoms with Crippen LogP contribution in [0.1, 0.15) is 42.9 Å². The average Bonchev–Trinajstić information content (AvgIpc) is 3.42. The molecular weight excluding hydrogens is 366 g/mol. The van der Waals surface area contributed by atoms with E-state index in [1.807, 2.05) is 24.3 Å². The molecule has 154 valence electrons. The Morgan fingerprint density at radius 3 is 2.72 bits per heavy atom. The molecule has 1 saturated carbocycles. The third-order valence-corrected chi connectivity index (χ3v) is 6.63. The molecule has 4 unspecified atom stereocenters. The van der Waals surface area contributed by atoms with Crippen LogP contribution in [0.15, 0.2) is 54.6 Å². The van der Waals surface area contributed by atoms with Gasteiger partial charge >= 0.3 is 0 Å². The average molecular weight is 395 g/mol. The van der Waals surface area contributed by atoms with E-state index in [0.717, 1.165) is 24.2 Å². The molecule has 5 rings (SSSR count). The molecule has 1 spiro atoms. The molecule has 2 aromatic rings. The zero-order valence-electron chi connectivity index (χ0n) is 17.0. The lowest BCUT2D eigenvalue weighted by molar-refractivity contribution is -0.228. The van der Waals surface area contributed by atoms with Crippen LogP contribution in [0.25, 0.3) is 0 Å². The van der Waals surface area contributed by atoms with Gasteiger partial charge in [-0.05, 0) is 48.9 Å². The molecule has 0 N–H and O–H groups in total. The second-order valence-corrected chi connectivity index (χ2v) is 8.24. The molecule has 3 fully saturated rings. The smallest absolute Gasteiger partial charge is 0.150 e. The van der Waals surface area contributed by atoms with Crippen LogP contribution in [0.4, 0.5) is 0 Å². The van der Waals surface area contributed by atoms with Crippen molar-refractivity contribution in [1.29, 1.82) is 0 Å². The number of methoxy groups -OCH3 is 1. The first kappa shape index (κ1) is 19.1. The summed E-state index contributed by atoms with van der Waals surface area (Å²) in [6.45, 7) is 2.01. The van der Waals surface area contributed by atoms with Crippen LogP contribution in [0.3, 0.4) is 0 Å². The summed E-state index contributed by atoms with van der Waals surface area (Å²) in [6.07, 6.45) is 4.49. The molecule has 2 saturated heterocycles. The Bertz CT molecular complexity index is 811. The van der Waals surface area contributed by atoms with Crippen molar-refractivity contribution < 1.29 is 19.0 Å². The standard InChI is InChI=1S/C24H29NO4/c1-26-20-11-9-18(10-12-20)16-27-15-13-23-21-8-5-14-24(21)25(29-23)22(17-28-24)19-6-3-2-4-7-19/h2-4,6-7,9-12,21-23H,5,8,13-17H2,1H3. The van der Waals surface area contributed by atoms with Crippen molar-refractivity contribution in [1.82, 2.24) is 5.06 Å².